The number of hydrogen-bond acceptors (Lipinski definition) is 3. The van der Waals surface area contributed by atoms with Crippen LogP contribution in [0.15, 0.2) is 54.7 Å². The van der Waals surface area contributed by atoms with E-state index in [0.29, 0.717) is 29.8 Å². The van der Waals surface area contributed by atoms with Gasteiger partial charge in [0.15, 0.2) is 0 Å². The second-order valence-electron chi connectivity index (χ2n) is 5.90. The Morgan fingerprint density at radius 2 is 1.50 bits per heavy atom. The second-order valence-corrected chi connectivity index (χ2v) is 5.90. The summed E-state index contributed by atoms with van der Waals surface area (Å²) in [5, 5.41) is 0. The lowest BCUT2D eigenvalue weighted by molar-refractivity contribution is 0.0671. The van der Waals surface area contributed by atoms with E-state index in [2.05, 4.69) is 0 Å². The summed E-state index contributed by atoms with van der Waals surface area (Å²) in [6.07, 6.45) is 11.1. The zero-order valence-electron chi connectivity index (χ0n) is 15.4. The Morgan fingerprint density at radius 3 is 2.08 bits per heavy atom. The van der Waals surface area contributed by atoms with Gasteiger partial charge in [0.25, 0.3) is 17.7 Å². The molecule has 136 valence electrons. The molecule has 3 amide bonds. The lowest BCUT2D eigenvalue weighted by atomic mass is 10.0. The predicted molar refractivity (Wildman–Crippen MR) is 102 cm³/mol. The quantitative estimate of drug-likeness (QED) is 0.558. The Balaban J connectivity index is 2.30. The highest BCUT2D eigenvalue weighted by atomic mass is 16.2. The maximum Gasteiger partial charge on any atom is 0.261 e. The minimum atomic E-state index is -0.355. The molecule has 26 heavy (non-hydrogen) atoms. The van der Waals surface area contributed by atoms with Crippen LogP contribution in [0, 0.1) is 0 Å². The maximum atomic E-state index is 12.8. The molecule has 5 nitrogen and oxygen atoms in total. The van der Waals surface area contributed by atoms with Crippen LogP contribution in [0.1, 0.15) is 51.8 Å². The minimum absolute atomic E-state index is 0.170. The summed E-state index contributed by atoms with van der Waals surface area (Å²) in [7, 11) is 0. The largest absolute Gasteiger partial charge is 0.331 e. The molecule has 0 N–H and O–H groups in total. The SMILES string of the molecule is C/C=C/CN(C/C=C/C)C(=O)c1ccc2c(c1)C(=O)N(C/C=C/C)C2=O. The fourth-order valence-corrected chi connectivity index (χ4v) is 2.69. The first kappa shape index (κ1) is 19.4. The summed E-state index contributed by atoms with van der Waals surface area (Å²) in [5.41, 5.74) is 1.05. The molecule has 0 unspecified atom stereocenters. The number of hydrogen-bond donors (Lipinski definition) is 0. The normalized spacial score (nSPS) is 14.2. The van der Waals surface area contributed by atoms with Crippen LogP contribution < -0.4 is 0 Å². The first-order valence-electron chi connectivity index (χ1n) is 8.68. The Labute approximate surface area is 154 Å². The number of nitrogens with zero attached hydrogens (tertiary/aromatic N) is 2. The average molecular weight is 352 g/mol. The smallest absolute Gasteiger partial charge is 0.261 e. The number of rotatable bonds is 7. The second kappa shape index (κ2) is 8.94. The Bertz CT molecular complexity index is 776. The molecular weight excluding hydrogens is 328 g/mol. The van der Waals surface area contributed by atoms with E-state index < -0.39 is 0 Å². The first-order valence-corrected chi connectivity index (χ1v) is 8.68. The van der Waals surface area contributed by atoms with Gasteiger partial charge in [-0.3, -0.25) is 19.3 Å². The van der Waals surface area contributed by atoms with Gasteiger partial charge in [-0.05, 0) is 39.0 Å². The molecule has 0 atom stereocenters. The number of fused-ring (bicyclic) bond motifs is 1. The third-order valence-corrected chi connectivity index (χ3v) is 4.15. The molecule has 5 heteroatoms. The lowest BCUT2D eigenvalue weighted by Gasteiger charge is -2.19. The van der Waals surface area contributed by atoms with Gasteiger partial charge in [0.1, 0.15) is 0 Å². The van der Waals surface area contributed by atoms with E-state index in [1.807, 2.05) is 45.1 Å². The van der Waals surface area contributed by atoms with Crippen molar-refractivity contribution in [1.82, 2.24) is 9.80 Å². The molecule has 0 spiro atoms. The summed E-state index contributed by atoms with van der Waals surface area (Å²) >= 11 is 0. The van der Waals surface area contributed by atoms with Crippen molar-refractivity contribution < 1.29 is 14.4 Å². The van der Waals surface area contributed by atoms with Crippen LogP contribution in [-0.4, -0.2) is 47.2 Å². The number of allylic oxidation sites excluding steroid dienone is 3. The summed E-state index contributed by atoms with van der Waals surface area (Å²) < 4.78 is 0. The van der Waals surface area contributed by atoms with Gasteiger partial charge in [-0.25, -0.2) is 0 Å². The van der Waals surface area contributed by atoms with Crippen molar-refractivity contribution >= 4 is 17.7 Å². The number of imide groups is 1. The van der Waals surface area contributed by atoms with Crippen LogP contribution in [0.5, 0.6) is 0 Å². The summed E-state index contributed by atoms with van der Waals surface area (Å²) in [6, 6.07) is 4.72. The summed E-state index contributed by atoms with van der Waals surface area (Å²) in [5.74, 6) is -0.843. The van der Waals surface area contributed by atoms with Crippen molar-refractivity contribution in [3.63, 3.8) is 0 Å². The Kier molecular flexibility index (Phi) is 6.67. The summed E-state index contributed by atoms with van der Waals surface area (Å²) in [6.45, 7) is 6.84. The van der Waals surface area contributed by atoms with E-state index in [-0.39, 0.29) is 24.3 Å². The standard InChI is InChI=1S/C21H24N2O3/c1-4-7-12-22(13-8-5-2)19(24)16-10-11-17-18(15-16)21(26)23(20(17)25)14-9-6-3/h4-11,15H,12-14H2,1-3H3/b7-4+,8-5+,9-6+. The van der Waals surface area contributed by atoms with Crippen LogP contribution in [0.4, 0.5) is 0 Å². The van der Waals surface area contributed by atoms with Gasteiger partial charge >= 0.3 is 0 Å². The van der Waals surface area contributed by atoms with E-state index >= 15 is 0 Å². The minimum Gasteiger partial charge on any atom is -0.331 e. The first-order chi connectivity index (χ1) is 12.5. The maximum absolute atomic E-state index is 12.8. The van der Waals surface area contributed by atoms with E-state index in [1.165, 1.54) is 11.0 Å². The van der Waals surface area contributed by atoms with Crippen molar-refractivity contribution in [2.45, 2.75) is 20.8 Å². The molecule has 1 aromatic rings. The highest BCUT2D eigenvalue weighted by Crippen LogP contribution is 2.24. The van der Waals surface area contributed by atoms with Crippen molar-refractivity contribution in [2.75, 3.05) is 19.6 Å². The molecule has 1 heterocycles. The monoisotopic (exact) mass is 352 g/mol. The fourth-order valence-electron chi connectivity index (χ4n) is 2.69. The zero-order chi connectivity index (χ0) is 19.1. The molecule has 1 aromatic carbocycles. The molecule has 0 bridgehead atoms. The Morgan fingerprint density at radius 1 is 0.923 bits per heavy atom. The van der Waals surface area contributed by atoms with Crippen molar-refractivity contribution in [3.05, 3.63) is 71.3 Å². The highest BCUT2D eigenvalue weighted by molar-refractivity contribution is 6.22. The predicted octanol–water partition coefficient (Wildman–Crippen LogP) is 3.45. The van der Waals surface area contributed by atoms with Crippen LogP contribution >= 0.6 is 0 Å². The number of benzene rings is 1. The van der Waals surface area contributed by atoms with Gasteiger partial charge < -0.3 is 4.90 Å². The third-order valence-electron chi connectivity index (χ3n) is 4.15. The lowest BCUT2D eigenvalue weighted by Crippen LogP contribution is -2.31. The van der Waals surface area contributed by atoms with E-state index in [0.717, 1.165) is 0 Å². The van der Waals surface area contributed by atoms with E-state index in [1.54, 1.807) is 29.2 Å². The highest BCUT2D eigenvalue weighted by Gasteiger charge is 2.35. The molecule has 0 saturated heterocycles. The van der Waals surface area contributed by atoms with Crippen LogP contribution in [0.2, 0.25) is 0 Å². The number of amides is 3. The van der Waals surface area contributed by atoms with Gasteiger partial charge in [-0.2, -0.15) is 0 Å². The molecule has 0 fully saturated rings. The van der Waals surface area contributed by atoms with Gasteiger partial charge in [0, 0.05) is 25.2 Å². The number of carbonyl (C=O) groups is 3. The fraction of sp³-hybridized carbons (Fsp3) is 0.286. The van der Waals surface area contributed by atoms with E-state index in [9.17, 15) is 14.4 Å². The average Bonchev–Trinajstić information content (AvgIpc) is 2.89. The Hall–Kier alpha value is -2.95. The van der Waals surface area contributed by atoms with Crippen molar-refractivity contribution in [2.24, 2.45) is 0 Å². The van der Waals surface area contributed by atoms with Gasteiger partial charge in [-0.15, -0.1) is 0 Å². The molecule has 0 radical (unpaired) electrons. The molecule has 1 aliphatic rings. The van der Waals surface area contributed by atoms with Crippen LogP contribution in [-0.2, 0) is 0 Å². The zero-order valence-corrected chi connectivity index (χ0v) is 15.4. The molecule has 0 aromatic heterocycles. The molecule has 1 aliphatic heterocycles. The van der Waals surface area contributed by atoms with Gasteiger partial charge in [-0.1, -0.05) is 36.5 Å². The van der Waals surface area contributed by atoms with Crippen LogP contribution in [0.25, 0.3) is 0 Å². The topological polar surface area (TPSA) is 57.7 Å². The molecule has 0 saturated carbocycles. The number of carbonyl (C=O) groups excluding carboxylic acids is 3. The third kappa shape index (κ3) is 3.99. The van der Waals surface area contributed by atoms with Crippen molar-refractivity contribution in [1.29, 1.82) is 0 Å². The van der Waals surface area contributed by atoms with E-state index in [4.69, 9.17) is 0 Å². The van der Waals surface area contributed by atoms with Gasteiger partial charge in [0.2, 0.25) is 0 Å². The molecule has 0 aliphatic carbocycles. The van der Waals surface area contributed by atoms with Crippen molar-refractivity contribution in [3.8, 4) is 0 Å². The van der Waals surface area contributed by atoms with Crippen LogP contribution in [0.3, 0.4) is 0 Å². The molecule has 2 rings (SSSR count). The molecular formula is C21H24N2O3. The van der Waals surface area contributed by atoms with Gasteiger partial charge in [0.05, 0.1) is 11.1 Å². The summed E-state index contributed by atoms with van der Waals surface area (Å²) in [4.78, 5) is 40.6.